The Hall–Kier alpha value is -0.750. The van der Waals surface area contributed by atoms with Gasteiger partial charge in [-0.2, -0.15) is 5.26 Å². The third-order valence-electron chi connectivity index (χ3n) is 0.851. The van der Waals surface area contributed by atoms with Crippen LogP contribution in [0.1, 0.15) is 6.92 Å². The summed E-state index contributed by atoms with van der Waals surface area (Å²) in [6.45, 7) is 1.44. The number of halogens is 1. The lowest BCUT2D eigenvalue weighted by Gasteiger charge is -2.11. The summed E-state index contributed by atoms with van der Waals surface area (Å²) in [5.41, 5.74) is 0. The van der Waals surface area contributed by atoms with Crippen LogP contribution in [0.25, 0.3) is 0 Å². The molecule has 0 aromatic rings. The zero-order chi connectivity index (χ0) is 7.28. The average molecular weight is 147 g/mol. The quantitative estimate of drug-likeness (QED) is 0.325. The van der Waals surface area contributed by atoms with Gasteiger partial charge in [0.1, 0.15) is 6.54 Å². The van der Waals surface area contributed by atoms with Crippen LogP contribution in [0.15, 0.2) is 0 Å². The highest BCUT2D eigenvalue weighted by atomic mass is 35.5. The molecular formula is C5H7ClN2O. The Morgan fingerprint density at radius 1 is 1.89 bits per heavy atom. The van der Waals surface area contributed by atoms with Gasteiger partial charge in [-0.3, -0.25) is 4.79 Å². The van der Waals surface area contributed by atoms with Crippen molar-refractivity contribution in [3.05, 3.63) is 0 Å². The first-order chi connectivity index (χ1) is 4.22. The molecule has 0 radical (unpaired) electrons. The summed E-state index contributed by atoms with van der Waals surface area (Å²) in [7, 11) is 0. The van der Waals surface area contributed by atoms with Crippen molar-refractivity contribution >= 4 is 17.5 Å². The molecule has 0 saturated carbocycles. The van der Waals surface area contributed by atoms with Crippen molar-refractivity contribution in [2.45, 2.75) is 6.92 Å². The molecule has 0 aliphatic rings. The number of hydrogen-bond donors (Lipinski definition) is 0. The van der Waals surface area contributed by atoms with Gasteiger partial charge in [-0.25, -0.2) is 0 Å². The van der Waals surface area contributed by atoms with Gasteiger partial charge in [0.05, 0.1) is 12.1 Å². The maximum atomic E-state index is 10.5. The fraction of sp³-hybridized carbons (Fsp3) is 0.600. The molecule has 0 aromatic heterocycles. The van der Waals surface area contributed by atoms with Gasteiger partial charge in [0, 0.05) is 6.92 Å². The zero-order valence-electron chi connectivity index (χ0n) is 5.09. The van der Waals surface area contributed by atoms with E-state index in [1.165, 1.54) is 11.8 Å². The minimum Gasteiger partial charge on any atom is -0.316 e. The summed E-state index contributed by atoms with van der Waals surface area (Å²) in [4.78, 5) is 11.7. The number of alkyl halides is 1. The van der Waals surface area contributed by atoms with Crippen molar-refractivity contribution in [1.82, 2.24) is 4.90 Å². The molecule has 3 nitrogen and oxygen atoms in total. The first-order valence-corrected chi connectivity index (χ1v) is 2.94. The van der Waals surface area contributed by atoms with Crippen LogP contribution in [0, 0.1) is 11.3 Å². The Bertz CT molecular complexity index is 140. The van der Waals surface area contributed by atoms with Crippen LogP contribution in [0.2, 0.25) is 0 Å². The average Bonchev–Trinajstić information content (AvgIpc) is 1.82. The van der Waals surface area contributed by atoms with E-state index in [9.17, 15) is 4.79 Å². The topological polar surface area (TPSA) is 44.1 Å². The Labute approximate surface area is 58.8 Å². The van der Waals surface area contributed by atoms with Crippen molar-refractivity contribution in [1.29, 1.82) is 5.26 Å². The van der Waals surface area contributed by atoms with Gasteiger partial charge in [-0.15, -0.1) is 11.6 Å². The monoisotopic (exact) mass is 146 g/mol. The predicted molar refractivity (Wildman–Crippen MR) is 33.7 cm³/mol. The molecule has 0 rings (SSSR count). The largest absolute Gasteiger partial charge is 0.316 e. The maximum absolute atomic E-state index is 10.5. The molecule has 1 amide bonds. The highest BCUT2D eigenvalue weighted by Crippen LogP contribution is 1.89. The van der Waals surface area contributed by atoms with E-state index < -0.39 is 0 Å². The lowest BCUT2D eigenvalue weighted by Crippen LogP contribution is -2.27. The van der Waals surface area contributed by atoms with Crippen molar-refractivity contribution < 1.29 is 4.79 Å². The highest BCUT2D eigenvalue weighted by molar-refractivity contribution is 6.18. The van der Waals surface area contributed by atoms with Gasteiger partial charge in [-0.1, -0.05) is 0 Å². The summed E-state index contributed by atoms with van der Waals surface area (Å²) in [5.74, 6) is -0.174. The number of rotatable bonds is 2. The minimum absolute atomic E-state index is 0.0683. The number of carbonyl (C=O) groups is 1. The fourth-order valence-corrected chi connectivity index (χ4v) is 0.576. The van der Waals surface area contributed by atoms with Crippen molar-refractivity contribution in [3.63, 3.8) is 0 Å². The predicted octanol–water partition coefficient (Wildman–Crippen LogP) is 0.555. The van der Waals surface area contributed by atoms with Gasteiger partial charge >= 0.3 is 0 Å². The first-order valence-electron chi connectivity index (χ1n) is 2.40. The highest BCUT2D eigenvalue weighted by Gasteiger charge is 2.03. The van der Waals surface area contributed by atoms with Gasteiger partial charge in [0.2, 0.25) is 5.91 Å². The van der Waals surface area contributed by atoms with E-state index in [2.05, 4.69) is 0 Å². The molecule has 0 aliphatic carbocycles. The smallest absolute Gasteiger partial charge is 0.221 e. The molecule has 0 heterocycles. The van der Waals surface area contributed by atoms with E-state index in [0.717, 1.165) is 0 Å². The third-order valence-corrected chi connectivity index (χ3v) is 1.14. The summed E-state index contributed by atoms with van der Waals surface area (Å²) in [5, 5.41) is 8.11. The van der Waals surface area contributed by atoms with Gasteiger partial charge in [0.25, 0.3) is 0 Å². The minimum atomic E-state index is -0.174. The molecule has 0 fully saturated rings. The molecule has 4 heteroatoms. The van der Waals surface area contributed by atoms with Crippen LogP contribution < -0.4 is 0 Å². The second-order valence-electron chi connectivity index (χ2n) is 1.49. The summed E-state index contributed by atoms with van der Waals surface area (Å²) < 4.78 is 0. The number of nitrogens with zero attached hydrogens (tertiary/aromatic N) is 2. The molecule has 0 bridgehead atoms. The Morgan fingerprint density at radius 3 is 2.56 bits per heavy atom. The lowest BCUT2D eigenvalue weighted by atomic mass is 10.5. The van der Waals surface area contributed by atoms with E-state index in [1.807, 2.05) is 6.07 Å². The van der Waals surface area contributed by atoms with E-state index in [0.29, 0.717) is 0 Å². The molecule has 0 atom stereocenters. The van der Waals surface area contributed by atoms with Crippen LogP contribution in [-0.2, 0) is 4.79 Å². The Balaban J connectivity index is 3.71. The van der Waals surface area contributed by atoms with E-state index in [4.69, 9.17) is 16.9 Å². The number of amides is 1. The number of nitriles is 1. The van der Waals surface area contributed by atoms with Crippen LogP contribution in [-0.4, -0.2) is 23.4 Å². The second kappa shape index (κ2) is 4.16. The molecular weight excluding hydrogens is 140 g/mol. The molecule has 0 aromatic carbocycles. The molecule has 0 spiro atoms. The second-order valence-corrected chi connectivity index (χ2v) is 1.73. The van der Waals surface area contributed by atoms with Crippen LogP contribution >= 0.6 is 11.6 Å². The van der Waals surface area contributed by atoms with Crippen LogP contribution in [0.4, 0.5) is 0 Å². The van der Waals surface area contributed by atoms with Crippen LogP contribution in [0.3, 0.4) is 0 Å². The third kappa shape index (κ3) is 2.94. The summed E-state index contributed by atoms with van der Waals surface area (Å²) in [6.07, 6.45) is 0. The first kappa shape index (κ1) is 8.25. The molecule has 9 heavy (non-hydrogen) atoms. The SMILES string of the molecule is CC(=O)N(CCl)CC#N. The summed E-state index contributed by atoms with van der Waals surface area (Å²) in [6, 6.07) is 1.91. The molecule has 50 valence electrons. The Morgan fingerprint density at radius 2 is 2.44 bits per heavy atom. The normalized spacial score (nSPS) is 8.11. The standard InChI is InChI=1S/C5H7ClN2O/c1-5(9)8(4-6)3-2-7/h3-4H2,1H3. The van der Waals surface area contributed by atoms with Gasteiger partial charge in [0.15, 0.2) is 0 Å². The number of hydrogen-bond acceptors (Lipinski definition) is 2. The van der Waals surface area contributed by atoms with E-state index >= 15 is 0 Å². The summed E-state index contributed by atoms with van der Waals surface area (Å²) >= 11 is 5.30. The van der Waals surface area contributed by atoms with Gasteiger partial charge < -0.3 is 4.90 Å². The molecule has 0 saturated heterocycles. The zero-order valence-corrected chi connectivity index (χ0v) is 5.85. The maximum Gasteiger partial charge on any atom is 0.221 e. The van der Waals surface area contributed by atoms with Gasteiger partial charge in [-0.05, 0) is 0 Å². The molecule has 0 aliphatic heterocycles. The van der Waals surface area contributed by atoms with Crippen molar-refractivity contribution in [2.75, 3.05) is 12.5 Å². The number of carbonyl (C=O) groups excluding carboxylic acids is 1. The molecule has 0 unspecified atom stereocenters. The van der Waals surface area contributed by atoms with E-state index in [-0.39, 0.29) is 18.5 Å². The van der Waals surface area contributed by atoms with Crippen molar-refractivity contribution in [3.8, 4) is 6.07 Å². The molecule has 0 N–H and O–H groups in total. The fourth-order valence-electron chi connectivity index (χ4n) is 0.323. The Kier molecular flexibility index (Phi) is 3.81. The lowest BCUT2D eigenvalue weighted by molar-refractivity contribution is -0.127. The van der Waals surface area contributed by atoms with E-state index in [1.54, 1.807) is 0 Å². The van der Waals surface area contributed by atoms with Crippen molar-refractivity contribution in [2.24, 2.45) is 0 Å². The van der Waals surface area contributed by atoms with Crippen LogP contribution in [0.5, 0.6) is 0 Å².